The van der Waals surface area contributed by atoms with E-state index in [-0.39, 0.29) is 18.9 Å². The summed E-state index contributed by atoms with van der Waals surface area (Å²) >= 11 is 1.51. The lowest BCUT2D eigenvalue weighted by molar-refractivity contribution is -0.157. The predicted octanol–water partition coefficient (Wildman–Crippen LogP) is 3.73. The first kappa shape index (κ1) is 22.7. The van der Waals surface area contributed by atoms with Crippen LogP contribution in [-0.4, -0.2) is 43.3 Å². The Morgan fingerprint density at radius 3 is 2.58 bits per heavy atom. The summed E-state index contributed by atoms with van der Waals surface area (Å²) in [6.07, 6.45) is 0.995. The summed E-state index contributed by atoms with van der Waals surface area (Å²) in [5, 5.41) is 2.79. The number of hydrogen-bond donors (Lipinski definition) is 1. The molecule has 1 fully saturated rings. The van der Waals surface area contributed by atoms with Gasteiger partial charge in [0.2, 0.25) is 5.91 Å². The third kappa shape index (κ3) is 5.58. The van der Waals surface area contributed by atoms with Crippen LogP contribution in [0.1, 0.15) is 20.3 Å². The fraction of sp³-hybridized carbons (Fsp3) is 0.348. The van der Waals surface area contributed by atoms with Crippen molar-refractivity contribution in [2.45, 2.75) is 31.3 Å². The average molecular weight is 443 g/mol. The van der Waals surface area contributed by atoms with Crippen molar-refractivity contribution in [3.63, 3.8) is 0 Å². The first-order valence-electron chi connectivity index (χ1n) is 10.1. The topological polar surface area (TPSA) is 84.9 Å². The number of ether oxygens (including phenoxy) is 2. The van der Waals surface area contributed by atoms with Gasteiger partial charge in [0.25, 0.3) is 5.91 Å². The number of hydrogen-bond acceptors (Lipinski definition) is 6. The maximum atomic E-state index is 12.6. The molecular formula is C23H26N2O5S. The Morgan fingerprint density at radius 1 is 1.19 bits per heavy atom. The molecule has 8 heteroatoms. The quantitative estimate of drug-likeness (QED) is 0.495. The Balaban J connectivity index is 1.57. The molecule has 2 aromatic carbocycles. The van der Waals surface area contributed by atoms with Gasteiger partial charge in [-0.3, -0.25) is 14.4 Å². The summed E-state index contributed by atoms with van der Waals surface area (Å²) in [5.41, 5.74) is 1.36. The second kappa shape index (κ2) is 10.3. The van der Waals surface area contributed by atoms with E-state index in [1.807, 2.05) is 31.4 Å². The summed E-state index contributed by atoms with van der Waals surface area (Å²) in [4.78, 5) is 40.0. The smallest absolute Gasteiger partial charge is 0.312 e. The van der Waals surface area contributed by atoms with Gasteiger partial charge in [0.15, 0.2) is 6.10 Å². The predicted molar refractivity (Wildman–Crippen MR) is 120 cm³/mol. The first-order valence-corrected chi connectivity index (χ1v) is 11.3. The van der Waals surface area contributed by atoms with Crippen molar-refractivity contribution < 1.29 is 23.9 Å². The highest BCUT2D eigenvalue weighted by Crippen LogP contribution is 2.28. The molecule has 31 heavy (non-hydrogen) atoms. The number of para-hydroxylation sites is 1. The zero-order valence-corrected chi connectivity index (χ0v) is 18.6. The number of esters is 1. The number of benzene rings is 2. The number of nitrogens with one attached hydrogen (secondary N) is 1. The van der Waals surface area contributed by atoms with Gasteiger partial charge in [-0.1, -0.05) is 12.1 Å². The summed E-state index contributed by atoms with van der Waals surface area (Å²) in [6.45, 7) is 4.20. The van der Waals surface area contributed by atoms with Crippen LogP contribution >= 0.6 is 11.8 Å². The Labute approximate surface area is 186 Å². The maximum Gasteiger partial charge on any atom is 0.312 e. The summed E-state index contributed by atoms with van der Waals surface area (Å²) in [7, 11) is 0. The maximum absolute atomic E-state index is 12.6. The second-order valence-corrected chi connectivity index (χ2v) is 7.95. The standard InChI is InChI=1S/C23H26N2O5S/c1-4-29-18-11-9-17(10-12-18)25-14-16(13-21(25)26)23(28)30-15(2)22(27)24-19-7-5-6-8-20(19)31-3/h5-12,15-16H,4,13-14H2,1-3H3,(H,24,27)/t15-,16-/m1/s1. The van der Waals surface area contributed by atoms with Crippen molar-refractivity contribution in [2.75, 3.05) is 29.6 Å². The first-order chi connectivity index (χ1) is 14.9. The molecule has 3 rings (SSSR count). The van der Waals surface area contributed by atoms with Crippen LogP contribution in [0.25, 0.3) is 0 Å². The van der Waals surface area contributed by atoms with E-state index in [4.69, 9.17) is 9.47 Å². The largest absolute Gasteiger partial charge is 0.494 e. The van der Waals surface area contributed by atoms with Gasteiger partial charge in [0.05, 0.1) is 18.2 Å². The molecule has 2 amide bonds. The number of amides is 2. The van der Waals surface area contributed by atoms with Crippen molar-refractivity contribution in [1.82, 2.24) is 0 Å². The van der Waals surface area contributed by atoms with Crippen LogP contribution in [0.2, 0.25) is 0 Å². The van der Waals surface area contributed by atoms with E-state index < -0.39 is 23.9 Å². The number of thioether (sulfide) groups is 1. The van der Waals surface area contributed by atoms with Crippen LogP contribution < -0.4 is 15.0 Å². The van der Waals surface area contributed by atoms with Crippen LogP contribution in [0.4, 0.5) is 11.4 Å². The van der Waals surface area contributed by atoms with Crippen LogP contribution in [-0.2, 0) is 19.1 Å². The number of nitrogens with zero attached hydrogens (tertiary/aromatic N) is 1. The lowest BCUT2D eigenvalue weighted by Gasteiger charge is -2.18. The van der Waals surface area contributed by atoms with Crippen molar-refractivity contribution in [1.29, 1.82) is 0 Å². The van der Waals surface area contributed by atoms with Gasteiger partial charge in [-0.05, 0) is 56.5 Å². The number of carbonyl (C=O) groups excluding carboxylic acids is 3. The molecule has 0 bridgehead atoms. The van der Waals surface area contributed by atoms with Gasteiger partial charge in [0, 0.05) is 23.5 Å². The molecule has 0 radical (unpaired) electrons. The highest BCUT2D eigenvalue weighted by atomic mass is 32.2. The van der Waals surface area contributed by atoms with E-state index in [1.165, 1.54) is 18.7 Å². The van der Waals surface area contributed by atoms with Crippen LogP contribution in [0, 0.1) is 5.92 Å². The fourth-order valence-electron chi connectivity index (χ4n) is 3.31. The van der Waals surface area contributed by atoms with Crippen LogP contribution in [0.3, 0.4) is 0 Å². The minimum Gasteiger partial charge on any atom is -0.494 e. The van der Waals surface area contributed by atoms with Gasteiger partial charge >= 0.3 is 5.97 Å². The Bertz CT molecular complexity index is 947. The Morgan fingerprint density at radius 2 is 1.90 bits per heavy atom. The van der Waals surface area contributed by atoms with Crippen molar-refractivity contribution in [3.8, 4) is 5.75 Å². The molecule has 1 aliphatic rings. The van der Waals surface area contributed by atoms with Crippen molar-refractivity contribution in [2.24, 2.45) is 5.92 Å². The summed E-state index contributed by atoms with van der Waals surface area (Å²) in [6, 6.07) is 14.6. The van der Waals surface area contributed by atoms with Gasteiger partial charge in [0.1, 0.15) is 5.75 Å². The second-order valence-electron chi connectivity index (χ2n) is 7.10. The molecule has 0 aliphatic carbocycles. The highest BCUT2D eigenvalue weighted by Gasteiger charge is 2.37. The van der Waals surface area contributed by atoms with Crippen LogP contribution in [0.15, 0.2) is 53.4 Å². The van der Waals surface area contributed by atoms with Gasteiger partial charge in [-0.15, -0.1) is 11.8 Å². The van der Waals surface area contributed by atoms with E-state index in [0.29, 0.717) is 18.0 Å². The van der Waals surface area contributed by atoms with E-state index in [1.54, 1.807) is 35.2 Å². The molecule has 0 saturated carbocycles. The third-order valence-electron chi connectivity index (χ3n) is 4.94. The van der Waals surface area contributed by atoms with E-state index in [2.05, 4.69) is 5.32 Å². The SMILES string of the molecule is CCOc1ccc(N2C[C@H](C(=O)O[C@H](C)C(=O)Nc3ccccc3SC)CC2=O)cc1. The van der Waals surface area contributed by atoms with E-state index in [0.717, 1.165) is 10.6 Å². The number of rotatable bonds is 8. The molecular weight excluding hydrogens is 416 g/mol. The van der Waals surface area contributed by atoms with Gasteiger partial charge in [-0.25, -0.2) is 0 Å². The molecule has 0 aromatic heterocycles. The normalized spacial score (nSPS) is 16.7. The third-order valence-corrected chi connectivity index (χ3v) is 5.74. The number of carbonyl (C=O) groups is 3. The summed E-state index contributed by atoms with van der Waals surface area (Å²) in [5.74, 6) is -1.02. The Hall–Kier alpha value is -3.00. The molecule has 2 atom stereocenters. The van der Waals surface area contributed by atoms with Crippen LogP contribution in [0.5, 0.6) is 5.75 Å². The minimum absolute atomic E-state index is 0.0513. The molecule has 0 unspecified atom stereocenters. The van der Waals surface area contributed by atoms with E-state index in [9.17, 15) is 14.4 Å². The fourth-order valence-corrected chi connectivity index (χ4v) is 3.86. The number of anilines is 2. The van der Waals surface area contributed by atoms with Gasteiger partial charge < -0.3 is 19.7 Å². The molecule has 0 spiro atoms. The molecule has 1 aliphatic heterocycles. The van der Waals surface area contributed by atoms with Gasteiger partial charge in [-0.2, -0.15) is 0 Å². The minimum atomic E-state index is -0.975. The monoisotopic (exact) mass is 442 g/mol. The zero-order valence-electron chi connectivity index (χ0n) is 17.8. The van der Waals surface area contributed by atoms with Crippen molar-refractivity contribution in [3.05, 3.63) is 48.5 Å². The zero-order chi connectivity index (χ0) is 22.4. The molecule has 1 heterocycles. The lowest BCUT2D eigenvalue weighted by Crippen LogP contribution is -2.33. The Kier molecular flexibility index (Phi) is 7.57. The van der Waals surface area contributed by atoms with E-state index >= 15 is 0 Å². The molecule has 2 aromatic rings. The molecule has 1 saturated heterocycles. The lowest BCUT2D eigenvalue weighted by atomic mass is 10.1. The summed E-state index contributed by atoms with van der Waals surface area (Å²) < 4.78 is 10.8. The highest BCUT2D eigenvalue weighted by molar-refractivity contribution is 7.98. The molecule has 7 nitrogen and oxygen atoms in total. The molecule has 1 N–H and O–H groups in total. The van der Waals surface area contributed by atoms with Crippen molar-refractivity contribution >= 4 is 40.9 Å². The molecule has 164 valence electrons. The average Bonchev–Trinajstić information content (AvgIpc) is 3.16.